The first kappa shape index (κ1) is 14.5. The minimum atomic E-state index is 0.424. The Hall–Kier alpha value is -0.590. The number of allylic oxidation sites excluding steroid dienone is 2. The topological polar surface area (TPSA) is 17.1 Å². The average molecular weight is 236 g/mol. The predicted octanol–water partition coefficient (Wildman–Crippen LogP) is 5.20. The lowest BCUT2D eigenvalue weighted by atomic mass is 10.0. The zero-order valence-corrected chi connectivity index (χ0v) is 11.3. The minimum absolute atomic E-state index is 0.424. The maximum Gasteiger partial charge on any atom is 0.136 e. The molecule has 0 aromatic heterocycles. The van der Waals surface area contributed by atoms with E-state index < -0.39 is 0 Å². The predicted molar refractivity (Wildman–Crippen MR) is 74.2 cm³/mol. The number of Topliss-reactive ketones (excluding diaryl/α,β-unsaturated/α-hetero) is 1. The van der Waals surface area contributed by atoms with Crippen molar-refractivity contribution in [2.75, 3.05) is 0 Å². The third kappa shape index (κ3) is 9.14. The number of rotatable bonds is 0. The highest BCUT2D eigenvalue weighted by Crippen LogP contribution is 2.13. The van der Waals surface area contributed by atoms with Crippen LogP contribution in [0.3, 0.4) is 0 Å². The Bertz CT molecular complexity index is 218. The molecular weight excluding hydrogens is 208 g/mol. The molecule has 0 saturated heterocycles. The van der Waals surface area contributed by atoms with Gasteiger partial charge in [-0.05, 0) is 19.3 Å². The number of carbonyl (C=O) groups is 1. The molecule has 0 fully saturated rings. The first-order chi connectivity index (χ1) is 8.39. The first-order valence-corrected chi connectivity index (χ1v) is 7.56. The molecule has 1 aliphatic rings. The van der Waals surface area contributed by atoms with E-state index in [1.165, 1.54) is 57.8 Å². The fourth-order valence-corrected chi connectivity index (χ4v) is 2.43. The molecule has 1 nitrogen and oxygen atoms in total. The van der Waals surface area contributed by atoms with Crippen molar-refractivity contribution in [2.45, 2.75) is 83.5 Å². The monoisotopic (exact) mass is 236 g/mol. The van der Waals surface area contributed by atoms with E-state index >= 15 is 0 Å². The molecule has 0 aliphatic heterocycles. The maximum atomic E-state index is 11.5. The van der Waals surface area contributed by atoms with E-state index in [9.17, 15) is 4.79 Å². The van der Waals surface area contributed by atoms with Crippen molar-refractivity contribution in [3.8, 4) is 0 Å². The highest BCUT2D eigenvalue weighted by molar-refractivity contribution is 5.79. The van der Waals surface area contributed by atoms with Gasteiger partial charge in [0.05, 0.1) is 0 Å². The molecule has 1 rings (SSSR count). The Morgan fingerprint density at radius 3 is 1.82 bits per heavy atom. The molecule has 0 radical (unpaired) electrons. The summed E-state index contributed by atoms with van der Waals surface area (Å²) < 4.78 is 0. The van der Waals surface area contributed by atoms with Gasteiger partial charge >= 0.3 is 0 Å². The zero-order valence-electron chi connectivity index (χ0n) is 11.3. The second kappa shape index (κ2) is 10.6. The van der Waals surface area contributed by atoms with Crippen LogP contribution < -0.4 is 0 Å². The van der Waals surface area contributed by atoms with E-state index in [1.807, 2.05) is 0 Å². The van der Waals surface area contributed by atoms with Gasteiger partial charge in [0, 0.05) is 12.8 Å². The molecule has 0 atom stereocenters. The molecule has 98 valence electrons. The summed E-state index contributed by atoms with van der Waals surface area (Å²) in [5.41, 5.74) is 0. The smallest absolute Gasteiger partial charge is 0.136 e. The van der Waals surface area contributed by atoms with E-state index in [4.69, 9.17) is 0 Å². The van der Waals surface area contributed by atoms with Gasteiger partial charge in [-0.1, -0.05) is 63.5 Å². The minimum Gasteiger partial charge on any atom is -0.299 e. The van der Waals surface area contributed by atoms with Gasteiger partial charge in [0.15, 0.2) is 0 Å². The molecule has 0 N–H and O–H groups in total. The summed E-state index contributed by atoms with van der Waals surface area (Å²) in [6, 6.07) is 0. The molecule has 0 aromatic carbocycles. The zero-order chi connectivity index (χ0) is 12.2. The lowest BCUT2D eigenvalue weighted by Crippen LogP contribution is -1.95. The fourth-order valence-electron chi connectivity index (χ4n) is 2.43. The lowest BCUT2D eigenvalue weighted by Gasteiger charge is -2.03. The summed E-state index contributed by atoms with van der Waals surface area (Å²) in [6.45, 7) is 0. The van der Waals surface area contributed by atoms with Gasteiger partial charge in [0.25, 0.3) is 0 Å². The van der Waals surface area contributed by atoms with E-state index in [-0.39, 0.29) is 0 Å². The summed E-state index contributed by atoms with van der Waals surface area (Å²) in [4.78, 5) is 11.5. The SMILES string of the molecule is O=C1C/C=C\CCCCCCCCCCCC1. The van der Waals surface area contributed by atoms with Crippen molar-refractivity contribution < 1.29 is 4.79 Å². The van der Waals surface area contributed by atoms with Gasteiger partial charge in [-0.3, -0.25) is 4.79 Å². The van der Waals surface area contributed by atoms with Crippen molar-refractivity contribution in [3.05, 3.63) is 12.2 Å². The Balaban J connectivity index is 2.19. The van der Waals surface area contributed by atoms with Gasteiger partial charge in [-0.25, -0.2) is 0 Å². The number of carbonyl (C=O) groups excluding carboxylic acids is 1. The fraction of sp³-hybridized carbons (Fsp3) is 0.812. The molecule has 0 heterocycles. The average Bonchev–Trinajstić information content (AvgIpc) is 2.32. The number of hydrogen-bond acceptors (Lipinski definition) is 1. The normalized spacial score (nSPS) is 24.4. The molecule has 17 heavy (non-hydrogen) atoms. The van der Waals surface area contributed by atoms with E-state index in [1.54, 1.807) is 0 Å². The van der Waals surface area contributed by atoms with Gasteiger partial charge in [0.2, 0.25) is 0 Å². The third-order valence-corrected chi connectivity index (χ3v) is 3.59. The maximum absolute atomic E-state index is 11.5. The van der Waals surface area contributed by atoms with Crippen molar-refractivity contribution in [2.24, 2.45) is 0 Å². The summed E-state index contributed by atoms with van der Waals surface area (Å²) in [5.74, 6) is 0.424. The highest BCUT2D eigenvalue weighted by Gasteiger charge is 1.99. The Labute approximate surface area is 107 Å². The van der Waals surface area contributed by atoms with Crippen LogP contribution >= 0.6 is 0 Å². The van der Waals surface area contributed by atoms with E-state index in [0.29, 0.717) is 12.2 Å². The molecule has 0 bridgehead atoms. The standard InChI is InChI=1S/C16H28O/c17-16-14-12-10-8-6-4-2-1-3-5-7-9-11-13-15-16/h10,12H,1-9,11,13-15H2/b12-10-. The molecule has 0 unspecified atom stereocenters. The number of hydrogen-bond donors (Lipinski definition) is 0. The van der Waals surface area contributed by atoms with Crippen molar-refractivity contribution in [1.29, 1.82) is 0 Å². The van der Waals surface area contributed by atoms with E-state index in [0.717, 1.165) is 19.3 Å². The van der Waals surface area contributed by atoms with Crippen molar-refractivity contribution in [3.63, 3.8) is 0 Å². The Kier molecular flexibility index (Phi) is 8.99. The highest BCUT2D eigenvalue weighted by atomic mass is 16.1. The molecule has 1 aliphatic carbocycles. The van der Waals surface area contributed by atoms with Crippen LogP contribution in [0.15, 0.2) is 12.2 Å². The molecule has 0 spiro atoms. The largest absolute Gasteiger partial charge is 0.299 e. The van der Waals surface area contributed by atoms with Crippen LogP contribution in [-0.4, -0.2) is 5.78 Å². The summed E-state index contributed by atoms with van der Waals surface area (Å²) >= 11 is 0. The molecule has 0 aromatic rings. The Morgan fingerprint density at radius 2 is 1.18 bits per heavy atom. The Morgan fingerprint density at radius 1 is 0.647 bits per heavy atom. The van der Waals surface area contributed by atoms with Crippen LogP contribution in [-0.2, 0) is 4.79 Å². The quantitative estimate of drug-likeness (QED) is 0.528. The summed E-state index contributed by atoms with van der Waals surface area (Å²) in [5, 5.41) is 0. The molecular formula is C16H28O. The van der Waals surface area contributed by atoms with Crippen LogP contribution in [0.25, 0.3) is 0 Å². The second-order valence-electron chi connectivity index (χ2n) is 5.29. The third-order valence-electron chi connectivity index (χ3n) is 3.59. The van der Waals surface area contributed by atoms with Crippen LogP contribution in [0.5, 0.6) is 0 Å². The first-order valence-electron chi connectivity index (χ1n) is 7.56. The van der Waals surface area contributed by atoms with Gasteiger partial charge in [-0.2, -0.15) is 0 Å². The molecule has 0 saturated carbocycles. The second-order valence-corrected chi connectivity index (χ2v) is 5.29. The van der Waals surface area contributed by atoms with E-state index in [2.05, 4.69) is 12.2 Å². The number of ketones is 1. The van der Waals surface area contributed by atoms with Crippen LogP contribution in [0.2, 0.25) is 0 Å². The van der Waals surface area contributed by atoms with Crippen molar-refractivity contribution in [1.82, 2.24) is 0 Å². The van der Waals surface area contributed by atoms with Gasteiger partial charge < -0.3 is 0 Å². The van der Waals surface area contributed by atoms with Gasteiger partial charge in [-0.15, -0.1) is 0 Å². The molecule has 0 amide bonds. The lowest BCUT2D eigenvalue weighted by molar-refractivity contribution is -0.118. The van der Waals surface area contributed by atoms with Crippen LogP contribution in [0, 0.1) is 0 Å². The summed E-state index contributed by atoms with van der Waals surface area (Å²) in [7, 11) is 0. The van der Waals surface area contributed by atoms with Gasteiger partial charge in [0.1, 0.15) is 5.78 Å². The van der Waals surface area contributed by atoms with Crippen LogP contribution in [0.1, 0.15) is 83.5 Å². The summed E-state index contributed by atoms with van der Waals surface area (Å²) in [6.07, 6.45) is 20.2. The van der Waals surface area contributed by atoms with Crippen LogP contribution in [0.4, 0.5) is 0 Å². The van der Waals surface area contributed by atoms with Crippen molar-refractivity contribution >= 4 is 5.78 Å². The molecule has 1 heteroatoms.